The van der Waals surface area contributed by atoms with E-state index in [9.17, 15) is 27.9 Å². The molecule has 0 aliphatic carbocycles. The number of nitrogen functional groups attached to an aromatic ring is 1. The number of carbonyl (C=O) groups is 3. The molecule has 0 bridgehead atoms. The van der Waals surface area contributed by atoms with Crippen molar-refractivity contribution in [2.24, 2.45) is 11.1 Å². The number of nitrogens with one attached hydrogen (secondary N) is 3. The standard InChI is InChI=1S/C28H31N5O7S/c1-28(2,3)22(15-40-41(4,38)39)33-25(34)17-9-12-19(21(14-17)27(36)37)20-6-5-13-31-23(20)26(35)32-18-10-7-16(8-11-18)24(29)30/h5-14,22H,15H2,1-4H3,(H3,29,30)(H,32,35)(H,33,34)(H,36,37)/t22-/m1/s1. The van der Waals surface area contributed by atoms with Crippen molar-refractivity contribution in [2.75, 3.05) is 18.2 Å². The molecule has 0 spiro atoms. The smallest absolute Gasteiger partial charge is 0.336 e. The van der Waals surface area contributed by atoms with Crippen molar-refractivity contribution in [3.63, 3.8) is 0 Å². The van der Waals surface area contributed by atoms with Crippen molar-refractivity contribution in [1.82, 2.24) is 10.3 Å². The van der Waals surface area contributed by atoms with Gasteiger partial charge in [0.1, 0.15) is 11.5 Å². The Balaban J connectivity index is 1.93. The molecule has 2 amide bonds. The predicted molar refractivity (Wildman–Crippen MR) is 154 cm³/mol. The number of amides is 2. The lowest BCUT2D eigenvalue weighted by molar-refractivity contribution is 0.0697. The van der Waals surface area contributed by atoms with Crippen LogP contribution in [0.25, 0.3) is 11.1 Å². The average Bonchev–Trinajstić information content (AvgIpc) is 2.89. The Morgan fingerprint density at radius 2 is 1.66 bits per heavy atom. The number of amidine groups is 1. The first-order valence-corrected chi connectivity index (χ1v) is 14.1. The third kappa shape index (κ3) is 8.19. The van der Waals surface area contributed by atoms with Crippen LogP contribution in [0.15, 0.2) is 60.8 Å². The maximum absolute atomic E-state index is 13.1. The van der Waals surface area contributed by atoms with Crippen LogP contribution in [0, 0.1) is 10.8 Å². The summed E-state index contributed by atoms with van der Waals surface area (Å²) in [6.45, 7) is 5.08. The molecule has 41 heavy (non-hydrogen) atoms. The van der Waals surface area contributed by atoms with Crippen molar-refractivity contribution in [1.29, 1.82) is 5.41 Å². The molecule has 0 fully saturated rings. The molecule has 0 aliphatic heterocycles. The number of benzene rings is 2. The topological polar surface area (TPSA) is 202 Å². The van der Waals surface area contributed by atoms with Gasteiger partial charge in [0.05, 0.1) is 24.5 Å². The largest absolute Gasteiger partial charge is 0.478 e. The number of rotatable bonds is 10. The Bertz CT molecular complexity index is 1600. The lowest BCUT2D eigenvalue weighted by atomic mass is 9.87. The van der Waals surface area contributed by atoms with Gasteiger partial charge in [-0.05, 0) is 53.4 Å². The molecule has 6 N–H and O–H groups in total. The van der Waals surface area contributed by atoms with E-state index in [1.165, 1.54) is 24.4 Å². The van der Waals surface area contributed by atoms with Crippen LogP contribution in [0.3, 0.4) is 0 Å². The molecule has 0 radical (unpaired) electrons. The van der Waals surface area contributed by atoms with Gasteiger partial charge in [-0.15, -0.1) is 0 Å². The number of aromatic nitrogens is 1. The molecule has 1 atom stereocenters. The fourth-order valence-electron chi connectivity index (χ4n) is 3.77. The Morgan fingerprint density at radius 1 is 1.02 bits per heavy atom. The van der Waals surface area contributed by atoms with Crippen LogP contribution in [-0.2, 0) is 14.3 Å². The monoisotopic (exact) mass is 581 g/mol. The quantitative estimate of drug-likeness (QED) is 0.135. The van der Waals surface area contributed by atoms with Crippen molar-refractivity contribution in [3.05, 3.63) is 83.2 Å². The van der Waals surface area contributed by atoms with E-state index in [-0.39, 0.29) is 40.4 Å². The average molecular weight is 582 g/mol. The maximum Gasteiger partial charge on any atom is 0.336 e. The molecule has 1 aromatic heterocycles. The van der Waals surface area contributed by atoms with E-state index in [2.05, 4.69) is 15.6 Å². The first-order valence-electron chi connectivity index (χ1n) is 12.3. The number of carboxylic acids is 1. The van der Waals surface area contributed by atoms with Gasteiger partial charge in [-0.3, -0.25) is 24.2 Å². The molecule has 2 aromatic carbocycles. The third-order valence-corrected chi connectivity index (χ3v) is 6.64. The number of hydrogen-bond donors (Lipinski definition) is 5. The molecule has 0 aliphatic rings. The summed E-state index contributed by atoms with van der Waals surface area (Å²) in [5.41, 5.74) is 5.88. The zero-order chi connectivity index (χ0) is 30.5. The van der Waals surface area contributed by atoms with Crippen molar-refractivity contribution >= 4 is 39.4 Å². The van der Waals surface area contributed by atoms with Crippen LogP contribution in [0.4, 0.5) is 5.69 Å². The van der Waals surface area contributed by atoms with Gasteiger partial charge in [-0.2, -0.15) is 8.42 Å². The van der Waals surface area contributed by atoms with Crippen LogP contribution in [0.5, 0.6) is 0 Å². The number of aromatic carboxylic acids is 1. The second kappa shape index (κ2) is 12.3. The minimum Gasteiger partial charge on any atom is -0.478 e. The fraction of sp³-hybridized carbons (Fsp3) is 0.250. The minimum absolute atomic E-state index is 0.0141. The molecule has 1 heterocycles. The molecule has 3 aromatic rings. The van der Waals surface area contributed by atoms with Gasteiger partial charge in [-0.1, -0.05) is 32.9 Å². The van der Waals surface area contributed by atoms with Crippen molar-refractivity contribution in [2.45, 2.75) is 26.8 Å². The Kier molecular flexibility index (Phi) is 9.25. The van der Waals surface area contributed by atoms with Crippen LogP contribution in [-0.4, -0.2) is 61.0 Å². The molecule has 3 rings (SSSR count). The first-order chi connectivity index (χ1) is 19.1. The zero-order valence-corrected chi connectivity index (χ0v) is 23.7. The molecular weight excluding hydrogens is 550 g/mol. The SMILES string of the molecule is CC(C)(C)[C@@H](COS(C)(=O)=O)NC(=O)c1ccc(-c2cccnc2C(=O)Nc2ccc(C(=N)N)cc2)c(C(=O)O)c1. The molecule has 0 unspecified atom stereocenters. The van der Waals surface area contributed by atoms with E-state index in [0.29, 0.717) is 11.3 Å². The van der Waals surface area contributed by atoms with Gasteiger partial charge in [0.2, 0.25) is 0 Å². The molecule has 0 saturated carbocycles. The van der Waals surface area contributed by atoms with Gasteiger partial charge in [0.15, 0.2) is 0 Å². The number of hydrogen-bond acceptors (Lipinski definition) is 8. The summed E-state index contributed by atoms with van der Waals surface area (Å²) < 4.78 is 27.9. The number of nitrogens with zero attached hydrogens (tertiary/aromatic N) is 1. The molecule has 12 nitrogen and oxygen atoms in total. The van der Waals surface area contributed by atoms with Gasteiger partial charge in [0, 0.05) is 28.6 Å². The van der Waals surface area contributed by atoms with Gasteiger partial charge < -0.3 is 21.5 Å². The summed E-state index contributed by atoms with van der Waals surface area (Å²) in [5.74, 6) is -2.69. The van der Waals surface area contributed by atoms with Gasteiger partial charge in [-0.25, -0.2) is 4.79 Å². The molecular formula is C28H31N5O7S. The highest BCUT2D eigenvalue weighted by molar-refractivity contribution is 7.85. The number of anilines is 1. The third-order valence-electron chi connectivity index (χ3n) is 6.08. The summed E-state index contributed by atoms with van der Waals surface area (Å²) in [6, 6.07) is 12.7. The zero-order valence-electron chi connectivity index (χ0n) is 22.9. The van der Waals surface area contributed by atoms with Crippen molar-refractivity contribution < 1.29 is 32.1 Å². The van der Waals surface area contributed by atoms with Gasteiger partial charge >= 0.3 is 5.97 Å². The van der Waals surface area contributed by atoms with Crippen LogP contribution in [0.2, 0.25) is 0 Å². The van der Waals surface area contributed by atoms with Crippen LogP contribution >= 0.6 is 0 Å². The van der Waals surface area contributed by atoms with Crippen LogP contribution < -0.4 is 16.4 Å². The van der Waals surface area contributed by atoms with Crippen molar-refractivity contribution in [3.8, 4) is 11.1 Å². The highest BCUT2D eigenvalue weighted by Crippen LogP contribution is 2.29. The number of carboxylic acid groups (broad SMARTS) is 1. The highest BCUT2D eigenvalue weighted by Gasteiger charge is 2.29. The maximum atomic E-state index is 13.1. The minimum atomic E-state index is -3.75. The summed E-state index contributed by atoms with van der Waals surface area (Å²) in [7, 11) is -3.75. The van der Waals surface area contributed by atoms with E-state index < -0.39 is 39.4 Å². The first kappa shape index (κ1) is 30.9. The summed E-state index contributed by atoms with van der Waals surface area (Å²) in [5, 5.41) is 22.9. The van der Waals surface area contributed by atoms with Crippen LogP contribution in [0.1, 0.15) is 57.5 Å². The predicted octanol–water partition coefficient (Wildman–Crippen LogP) is 3.10. The molecule has 216 valence electrons. The summed E-state index contributed by atoms with van der Waals surface area (Å²) >= 11 is 0. The normalized spacial score (nSPS) is 12.3. The number of pyridine rings is 1. The second-order valence-corrected chi connectivity index (χ2v) is 11.9. The van der Waals surface area contributed by atoms with Gasteiger partial charge in [0.25, 0.3) is 21.9 Å². The Morgan fingerprint density at radius 3 is 2.22 bits per heavy atom. The van der Waals surface area contributed by atoms with E-state index in [1.807, 2.05) is 0 Å². The lowest BCUT2D eigenvalue weighted by Crippen LogP contribution is -2.47. The van der Waals surface area contributed by atoms with E-state index in [4.69, 9.17) is 15.3 Å². The molecule has 13 heteroatoms. The molecule has 0 saturated heterocycles. The lowest BCUT2D eigenvalue weighted by Gasteiger charge is -2.31. The van der Waals surface area contributed by atoms with E-state index >= 15 is 0 Å². The van der Waals surface area contributed by atoms with E-state index in [0.717, 1.165) is 6.26 Å². The summed E-state index contributed by atoms with van der Waals surface area (Å²) in [4.78, 5) is 42.6. The Labute approximate surface area is 237 Å². The van der Waals surface area contributed by atoms with E-state index in [1.54, 1.807) is 57.2 Å². The summed E-state index contributed by atoms with van der Waals surface area (Å²) in [6.07, 6.45) is 2.30. The highest BCUT2D eigenvalue weighted by atomic mass is 32.2. The Hall–Kier alpha value is -4.62. The number of carbonyl (C=O) groups excluding carboxylic acids is 2. The number of nitrogens with two attached hydrogens (primary N) is 1. The fourth-order valence-corrected chi connectivity index (χ4v) is 4.15. The second-order valence-electron chi connectivity index (χ2n) is 10.3.